The molecule has 0 spiro atoms. The molecule has 0 radical (unpaired) electrons. The lowest BCUT2D eigenvalue weighted by Gasteiger charge is -2.22. The largest absolute Gasteiger partial charge is 0.356 e. The van der Waals surface area contributed by atoms with Crippen LogP contribution in [-0.2, 0) is 0 Å². The fraction of sp³-hybridized carbons (Fsp3) is 0.556. The molecule has 2 fully saturated rings. The zero-order chi connectivity index (χ0) is 18.3. The number of likely N-dealkylation sites (tertiary alicyclic amines) is 1. The van der Waals surface area contributed by atoms with Gasteiger partial charge in [-0.2, -0.15) is 5.10 Å². The molecule has 0 aromatic carbocycles. The van der Waals surface area contributed by atoms with Crippen LogP contribution < -0.4 is 10.2 Å². The van der Waals surface area contributed by atoms with Crippen LogP contribution in [0.15, 0.2) is 18.5 Å². The number of fused-ring (bicyclic) bond motifs is 1. The van der Waals surface area contributed by atoms with Crippen molar-refractivity contribution in [3.63, 3.8) is 0 Å². The minimum Gasteiger partial charge on any atom is -0.356 e. The molecule has 0 saturated carbocycles. The summed E-state index contributed by atoms with van der Waals surface area (Å²) >= 11 is 0. The first-order chi connectivity index (χ1) is 12.5. The number of aromatic nitrogens is 4. The Bertz CT molecular complexity index is 804. The second kappa shape index (κ2) is 6.59. The monoisotopic (exact) mass is 355 g/mol. The molecule has 4 heterocycles. The summed E-state index contributed by atoms with van der Waals surface area (Å²) in [5.41, 5.74) is 2.03. The van der Waals surface area contributed by atoms with Crippen molar-refractivity contribution in [2.45, 2.75) is 20.8 Å². The van der Waals surface area contributed by atoms with Crippen molar-refractivity contribution < 1.29 is 4.79 Å². The average Bonchev–Trinajstić information content (AvgIpc) is 3.27. The summed E-state index contributed by atoms with van der Waals surface area (Å²) in [6.07, 6.45) is 1.61. The van der Waals surface area contributed by atoms with E-state index in [0.29, 0.717) is 18.4 Å². The van der Waals surface area contributed by atoms with E-state index in [1.165, 1.54) is 0 Å². The predicted molar refractivity (Wildman–Crippen MR) is 98.5 cm³/mol. The van der Waals surface area contributed by atoms with Crippen LogP contribution in [0.25, 0.3) is 5.82 Å². The van der Waals surface area contributed by atoms with Crippen LogP contribution in [0, 0.1) is 25.7 Å². The summed E-state index contributed by atoms with van der Waals surface area (Å²) in [6, 6.07) is 4.10. The second-order valence-corrected chi connectivity index (χ2v) is 7.24. The van der Waals surface area contributed by atoms with Crippen LogP contribution in [0.1, 0.15) is 18.3 Å². The highest BCUT2D eigenvalue weighted by atomic mass is 16.2. The lowest BCUT2D eigenvalue weighted by atomic mass is 10.0. The number of nitrogens with zero attached hydrogens (tertiary/aromatic N) is 6. The summed E-state index contributed by atoms with van der Waals surface area (Å²) in [7, 11) is 0. The van der Waals surface area contributed by atoms with Crippen LogP contribution in [0.2, 0.25) is 0 Å². The molecular weight excluding hydrogens is 330 g/mol. The van der Waals surface area contributed by atoms with Crippen molar-refractivity contribution in [1.82, 2.24) is 30.0 Å². The van der Waals surface area contributed by atoms with Crippen LogP contribution >= 0.6 is 0 Å². The third kappa shape index (κ3) is 3.00. The highest BCUT2D eigenvalue weighted by Crippen LogP contribution is 2.33. The molecule has 2 unspecified atom stereocenters. The Hall–Kier alpha value is -2.64. The van der Waals surface area contributed by atoms with Gasteiger partial charge in [-0.05, 0) is 26.8 Å². The minimum absolute atomic E-state index is 0.0577. The van der Waals surface area contributed by atoms with E-state index < -0.39 is 0 Å². The molecule has 138 valence electrons. The Morgan fingerprint density at radius 1 is 1.12 bits per heavy atom. The lowest BCUT2D eigenvalue weighted by Crippen LogP contribution is -2.40. The van der Waals surface area contributed by atoms with Crippen molar-refractivity contribution in [3.8, 4) is 5.82 Å². The number of hydrogen-bond acceptors (Lipinski definition) is 5. The number of carbonyl (C=O) groups is 1. The molecule has 8 heteroatoms. The van der Waals surface area contributed by atoms with E-state index in [1.54, 1.807) is 6.33 Å². The molecule has 0 aliphatic carbocycles. The van der Waals surface area contributed by atoms with E-state index in [9.17, 15) is 4.79 Å². The molecule has 2 aliphatic heterocycles. The molecule has 2 amide bonds. The number of carbonyl (C=O) groups excluding carboxylic acids is 1. The molecule has 4 rings (SSSR count). The van der Waals surface area contributed by atoms with Crippen molar-refractivity contribution in [2.75, 3.05) is 37.6 Å². The van der Waals surface area contributed by atoms with Gasteiger partial charge in [0.05, 0.1) is 5.69 Å². The SMILES string of the molecule is CCNC(=O)N1CC2CN(c3cc(-n4nc(C)cc4C)ncn3)CC2C1. The molecule has 26 heavy (non-hydrogen) atoms. The minimum atomic E-state index is 0.0577. The molecule has 2 aromatic heterocycles. The van der Waals surface area contributed by atoms with E-state index in [0.717, 1.165) is 49.2 Å². The molecular formula is C18H25N7O. The number of anilines is 1. The average molecular weight is 355 g/mol. The van der Waals surface area contributed by atoms with Gasteiger partial charge in [0.2, 0.25) is 0 Å². The summed E-state index contributed by atoms with van der Waals surface area (Å²) in [4.78, 5) is 25.1. The Kier molecular flexibility index (Phi) is 4.26. The standard InChI is InChI=1S/C18H25N7O/c1-4-19-18(26)24-9-14-7-23(8-15(14)10-24)16-6-17(21-11-20-16)25-13(3)5-12(2)22-25/h5-6,11,14-15H,4,7-10H2,1-3H3,(H,19,26). The number of nitrogens with one attached hydrogen (secondary N) is 1. The quantitative estimate of drug-likeness (QED) is 0.900. The molecule has 1 N–H and O–H groups in total. The van der Waals surface area contributed by atoms with Gasteiger partial charge in [-0.1, -0.05) is 0 Å². The van der Waals surface area contributed by atoms with E-state index in [-0.39, 0.29) is 6.03 Å². The van der Waals surface area contributed by atoms with Gasteiger partial charge < -0.3 is 15.1 Å². The highest BCUT2D eigenvalue weighted by molar-refractivity contribution is 5.74. The van der Waals surface area contributed by atoms with E-state index >= 15 is 0 Å². The maximum atomic E-state index is 12.0. The normalized spacial score (nSPS) is 22.0. The topological polar surface area (TPSA) is 79.2 Å². The van der Waals surface area contributed by atoms with E-state index in [4.69, 9.17) is 0 Å². The maximum Gasteiger partial charge on any atom is 0.317 e. The van der Waals surface area contributed by atoms with Gasteiger partial charge in [0, 0.05) is 56.3 Å². The van der Waals surface area contributed by atoms with E-state index in [2.05, 4.69) is 25.3 Å². The smallest absolute Gasteiger partial charge is 0.317 e. The number of aryl methyl sites for hydroxylation is 2. The van der Waals surface area contributed by atoms with E-state index in [1.807, 2.05) is 42.5 Å². The molecule has 8 nitrogen and oxygen atoms in total. The van der Waals surface area contributed by atoms with Gasteiger partial charge >= 0.3 is 6.03 Å². The van der Waals surface area contributed by atoms with Gasteiger partial charge in [0.1, 0.15) is 12.1 Å². The molecule has 2 saturated heterocycles. The third-order valence-corrected chi connectivity index (χ3v) is 5.29. The Morgan fingerprint density at radius 3 is 2.42 bits per heavy atom. The lowest BCUT2D eigenvalue weighted by molar-refractivity contribution is 0.206. The number of hydrogen-bond donors (Lipinski definition) is 1. The Labute approximate surface area is 153 Å². The van der Waals surface area contributed by atoms with Crippen LogP contribution in [0.4, 0.5) is 10.6 Å². The molecule has 0 bridgehead atoms. The van der Waals surface area contributed by atoms with Crippen molar-refractivity contribution in [3.05, 3.63) is 29.8 Å². The van der Waals surface area contributed by atoms with Gasteiger partial charge in [0.15, 0.2) is 5.82 Å². The van der Waals surface area contributed by atoms with Gasteiger partial charge in [-0.15, -0.1) is 0 Å². The summed E-state index contributed by atoms with van der Waals surface area (Å²) in [5, 5.41) is 7.40. The first-order valence-corrected chi connectivity index (χ1v) is 9.18. The van der Waals surface area contributed by atoms with Crippen molar-refractivity contribution >= 4 is 11.8 Å². The summed E-state index contributed by atoms with van der Waals surface area (Å²) in [6.45, 7) is 10.1. The summed E-state index contributed by atoms with van der Waals surface area (Å²) in [5.74, 6) is 2.73. The number of amides is 2. The number of rotatable bonds is 3. The van der Waals surface area contributed by atoms with Crippen LogP contribution in [0.5, 0.6) is 0 Å². The highest BCUT2D eigenvalue weighted by Gasteiger charge is 2.42. The first kappa shape index (κ1) is 16.8. The fourth-order valence-corrected chi connectivity index (χ4v) is 4.10. The Morgan fingerprint density at radius 2 is 1.81 bits per heavy atom. The van der Waals surface area contributed by atoms with Crippen LogP contribution in [0.3, 0.4) is 0 Å². The second-order valence-electron chi connectivity index (χ2n) is 7.24. The maximum absolute atomic E-state index is 12.0. The first-order valence-electron chi connectivity index (χ1n) is 9.18. The van der Waals surface area contributed by atoms with Gasteiger partial charge in [0.25, 0.3) is 0 Å². The predicted octanol–water partition coefficient (Wildman–Crippen LogP) is 1.38. The third-order valence-electron chi connectivity index (χ3n) is 5.29. The zero-order valence-electron chi connectivity index (χ0n) is 15.5. The zero-order valence-corrected chi connectivity index (χ0v) is 15.5. The van der Waals surface area contributed by atoms with Crippen molar-refractivity contribution in [2.24, 2.45) is 11.8 Å². The van der Waals surface area contributed by atoms with Crippen molar-refractivity contribution in [1.29, 1.82) is 0 Å². The Balaban J connectivity index is 1.47. The van der Waals surface area contributed by atoms with Gasteiger partial charge in [-0.3, -0.25) is 0 Å². The fourth-order valence-electron chi connectivity index (χ4n) is 4.10. The molecule has 2 atom stereocenters. The summed E-state index contributed by atoms with van der Waals surface area (Å²) < 4.78 is 1.86. The number of urea groups is 1. The van der Waals surface area contributed by atoms with Crippen LogP contribution in [-0.4, -0.2) is 63.4 Å². The van der Waals surface area contributed by atoms with Gasteiger partial charge in [-0.25, -0.2) is 19.4 Å². The molecule has 2 aromatic rings. The molecule has 2 aliphatic rings.